The van der Waals surface area contributed by atoms with E-state index in [0.717, 1.165) is 0 Å². The summed E-state index contributed by atoms with van der Waals surface area (Å²) in [5.74, 6) is 0. The van der Waals surface area contributed by atoms with E-state index >= 15 is 0 Å². The Kier molecular flexibility index (Phi) is 34.4. The molecule has 0 heterocycles. The molecule has 0 fully saturated rings. The van der Waals surface area contributed by atoms with Crippen molar-refractivity contribution in [2.75, 3.05) is 0 Å². The summed E-state index contributed by atoms with van der Waals surface area (Å²) in [6.45, 7) is 0. The molecule has 0 aromatic heterocycles. The fraction of sp³-hybridized carbons (Fsp3) is 0. The summed E-state index contributed by atoms with van der Waals surface area (Å²) in [7, 11) is 7.02. The molecular weight excluding hydrogens is 426 g/mol. The fourth-order valence-corrected chi connectivity index (χ4v) is 0. The van der Waals surface area contributed by atoms with Gasteiger partial charge in [0.2, 0.25) is 0 Å². The molecule has 13 heteroatoms. The number of hydrogen-bond acceptors (Lipinski definition) is 5. The van der Waals surface area contributed by atoms with Gasteiger partial charge in [-0.25, -0.2) is 0 Å². The van der Waals surface area contributed by atoms with Crippen LogP contribution in [0.5, 0.6) is 0 Å². The van der Waals surface area contributed by atoms with Gasteiger partial charge in [0.25, 0.3) is 0 Å². The van der Waals surface area contributed by atoms with Crippen molar-refractivity contribution in [1.29, 1.82) is 0 Å². The van der Waals surface area contributed by atoms with Gasteiger partial charge in [0.05, 0.1) is 0 Å². The molecule has 0 bridgehead atoms. The Balaban J connectivity index is -0.0000000267. The maximum absolute atomic E-state index is 9.01. The van der Waals surface area contributed by atoms with Crippen molar-refractivity contribution < 1.29 is 111 Å². The van der Waals surface area contributed by atoms with E-state index in [-0.39, 0.29) is 88.7 Å². The third kappa shape index (κ3) is 168. The Bertz CT molecular complexity index is 138. The van der Waals surface area contributed by atoms with Gasteiger partial charge in [0, 0.05) is 0 Å². The Labute approximate surface area is 158 Å². The van der Waals surface area contributed by atoms with Gasteiger partial charge < -0.3 is 0 Å². The minimum absolute atomic E-state index is 0. The molecule has 0 aromatic carbocycles. The van der Waals surface area contributed by atoms with E-state index in [1.165, 1.54) is 0 Å². The summed E-state index contributed by atoms with van der Waals surface area (Å²) < 4.78 is 49.9. The summed E-state index contributed by atoms with van der Waals surface area (Å²) in [6.07, 6.45) is 0. The molecule has 64 valence electrons. The summed E-state index contributed by atoms with van der Waals surface area (Å²) in [5, 5.41) is 0. The van der Waals surface area contributed by atoms with Crippen molar-refractivity contribution in [1.82, 2.24) is 0 Å². The molecule has 0 saturated heterocycles. The van der Waals surface area contributed by atoms with E-state index < -0.39 is 31.0 Å². The quantitative estimate of drug-likeness (QED) is 0.324. The van der Waals surface area contributed by atoms with Gasteiger partial charge in [-0.15, -0.1) is 0 Å². The van der Waals surface area contributed by atoms with Crippen molar-refractivity contribution in [3.05, 3.63) is 0 Å². The van der Waals surface area contributed by atoms with E-state index in [1.807, 2.05) is 0 Å². The zero-order chi connectivity index (χ0) is 9.00. The van der Waals surface area contributed by atoms with Crippen LogP contribution in [0.4, 0.5) is 0 Å². The molecular formula is H3AsNa3O6S2Sb. The number of rotatable bonds is 0. The van der Waals surface area contributed by atoms with Gasteiger partial charge in [0.15, 0.2) is 0 Å². The average molecular weight is 429 g/mol. The second-order valence-corrected chi connectivity index (χ2v) is 11.2. The molecule has 6 nitrogen and oxygen atoms in total. The third-order valence-corrected chi connectivity index (χ3v) is 0. The van der Waals surface area contributed by atoms with Crippen LogP contribution >= 0.6 is 19.6 Å². The molecule has 0 atom stereocenters. The van der Waals surface area contributed by atoms with Crippen LogP contribution in [-0.2, 0) is 0 Å². The van der Waals surface area contributed by atoms with Gasteiger partial charge in [-0.05, 0) is 0 Å². The van der Waals surface area contributed by atoms with Crippen LogP contribution in [0.1, 0.15) is 0 Å². The Hall–Kier alpha value is 4.58. The fourth-order valence-electron chi connectivity index (χ4n) is 0. The molecule has 0 amide bonds. The van der Waals surface area contributed by atoms with Crippen LogP contribution < -0.4 is 98.8 Å². The minimum atomic E-state index is -5.27. The molecule has 0 aliphatic carbocycles. The van der Waals surface area contributed by atoms with Crippen LogP contribution in [0.25, 0.3) is 0 Å². The van der Waals surface area contributed by atoms with E-state index in [2.05, 4.69) is 19.6 Å². The van der Waals surface area contributed by atoms with Crippen LogP contribution in [0.2, 0.25) is 0 Å². The topological polar surface area (TPSA) is 130 Å². The Morgan fingerprint density at radius 1 is 0.923 bits per heavy atom. The normalized spacial score (nSPS) is 9.08. The standard InChI is InChI=1S/AsH3O3S.3Na.3O.S.Sb/c2-1(3,4)5;;;;;;;;/h(H3,2,3,4,5);;;;;;;;/q;3*+1;3*-1;;. The zero-order valence-corrected chi connectivity index (χ0v) is 19.3. The van der Waals surface area contributed by atoms with Gasteiger partial charge in [-0.1, -0.05) is 0 Å². The van der Waals surface area contributed by atoms with Crippen molar-refractivity contribution in [2.24, 2.45) is 0 Å². The van der Waals surface area contributed by atoms with Gasteiger partial charge >= 0.3 is 162 Å². The van der Waals surface area contributed by atoms with E-state index in [0.29, 0.717) is 0 Å². The van der Waals surface area contributed by atoms with Gasteiger partial charge in [-0.3, -0.25) is 0 Å². The first kappa shape index (κ1) is 30.5. The van der Waals surface area contributed by atoms with E-state index in [9.17, 15) is 0 Å². The van der Waals surface area contributed by atoms with Crippen molar-refractivity contribution in [3.8, 4) is 0 Å². The van der Waals surface area contributed by atoms with Crippen LogP contribution in [-0.4, -0.2) is 43.3 Å². The summed E-state index contributed by atoms with van der Waals surface area (Å²) in [4.78, 5) is 0. The Morgan fingerprint density at radius 3 is 0.923 bits per heavy atom. The second-order valence-electron chi connectivity index (χ2n) is 0.960. The summed E-state index contributed by atoms with van der Waals surface area (Å²) >= 11 is -9.56. The molecule has 0 aliphatic rings. The average Bonchev–Trinajstić information content (AvgIpc) is 1.12. The molecule has 0 aromatic rings. The predicted octanol–water partition coefficient (Wildman–Crippen LogP) is -13.7. The van der Waals surface area contributed by atoms with Crippen molar-refractivity contribution >= 4 is 50.6 Å². The van der Waals surface area contributed by atoms with Crippen molar-refractivity contribution in [2.45, 2.75) is 0 Å². The van der Waals surface area contributed by atoms with Gasteiger partial charge in [-0.2, -0.15) is 0 Å². The zero-order valence-electron chi connectivity index (χ0n) is 7.28. The molecule has 0 aliphatic heterocycles. The van der Waals surface area contributed by atoms with Crippen LogP contribution in [0.15, 0.2) is 0 Å². The first-order valence-corrected chi connectivity index (χ1v) is 13.3. The van der Waals surface area contributed by atoms with Gasteiger partial charge in [0.1, 0.15) is 0 Å². The molecule has 0 radical (unpaired) electrons. The van der Waals surface area contributed by atoms with Crippen LogP contribution in [0.3, 0.4) is 0 Å². The SMILES string of the molecule is O[As](O)(O)=S.[Na+].[Na+].[Na+].[O-][Sb]([O-])([O-])=[S]. The predicted molar refractivity (Wildman–Crippen MR) is 33.3 cm³/mol. The molecule has 0 spiro atoms. The molecule has 0 unspecified atom stereocenters. The molecule has 3 N–H and O–H groups in total. The Morgan fingerprint density at radius 2 is 0.923 bits per heavy atom. The van der Waals surface area contributed by atoms with Crippen molar-refractivity contribution in [3.63, 3.8) is 0 Å². The molecule has 13 heavy (non-hydrogen) atoms. The first-order valence-electron chi connectivity index (χ1n) is 1.51. The van der Waals surface area contributed by atoms with Crippen LogP contribution in [0, 0.1) is 0 Å². The second kappa shape index (κ2) is 14.6. The maximum atomic E-state index is 9.01. The monoisotopic (exact) mass is 428 g/mol. The van der Waals surface area contributed by atoms with E-state index in [4.69, 9.17) is 22.4 Å². The third-order valence-electron chi connectivity index (χ3n) is 0. The van der Waals surface area contributed by atoms with E-state index in [1.54, 1.807) is 0 Å². The molecule has 0 saturated carbocycles. The summed E-state index contributed by atoms with van der Waals surface area (Å²) in [5.41, 5.74) is 0. The first-order chi connectivity index (χ1) is 4.00. The number of hydrogen-bond donors (Lipinski definition) is 3. The molecule has 0 rings (SSSR count). The summed E-state index contributed by atoms with van der Waals surface area (Å²) in [6, 6.07) is 0.